The lowest BCUT2D eigenvalue weighted by molar-refractivity contribution is -0.126. The van der Waals surface area contributed by atoms with Crippen molar-refractivity contribution < 1.29 is 37.2 Å². The predicted molar refractivity (Wildman–Crippen MR) is 116 cm³/mol. The van der Waals surface area contributed by atoms with Crippen LogP contribution in [0.4, 0.5) is 4.79 Å². The molecule has 1 aliphatic carbocycles. The Morgan fingerprint density at radius 1 is 1.12 bits per heavy atom. The van der Waals surface area contributed by atoms with Gasteiger partial charge in [0.15, 0.2) is 0 Å². The van der Waals surface area contributed by atoms with Gasteiger partial charge in [0.25, 0.3) is 10.1 Å². The van der Waals surface area contributed by atoms with Gasteiger partial charge >= 0.3 is 6.09 Å². The van der Waals surface area contributed by atoms with Crippen LogP contribution in [0.15, 0.2) is 30.3 Å². The van der Waals surface area contributed by atoms with Crippen LogP contribution < -0.4 is 16.0 Å². The molecule has 2 fully saturated rings. The van der Waals surface area contributed by atoms with Gasteiger partial charge in [0, 0.05) is 12.5 Å². The summed E-state index contributed by atoms with van der Waals surface area (Å²) in [5, 5.41) is 17.6. The minimum Gasteiger partial charge on any atom is -0.445 e. The lowest BCUT2D eigenvalue weighted by atomic mass is 9.98. The molecule has 11 nitrogen and oxygen atoms in total. The summed E-state index contributed by atoms with van der Waals surface area (Å²) in [4.78, 5) is 37.1. The fourth-order valence-corrected chi connectivity index (χ4v) is 4.33. The molecule has 1 aliphatic heterocycles. The van der Waals surface area contributed by atoms with E-state index in [1.165, 1.54) is 0 Å². The summed E-state index contributed by atoms with van der Waals surface area (Å²) in [5.41, 5.74) is -1.55. The number of ether oxygens (including phenoxy) is 1. The number of amides is 3. The van der Waals surface area contributed by atoms with Crippen molar-refractivity contribution in [2.75, 3.05) is 6.54 Å². The Balaban J connectivity index is 1.64. The van der Waals surface area contributed by atoms with Crippen LogP contribution in [0.2, 0.25) is 0 Å². The highest BCUT2D eigenvalue weighted by Crippen LogP contribution is 2.33. The van der Waals surface area contributed by atoms with Gasteiger partial charge in [-0.25, -0.2) is 4.79 Å². The zero-order valence-corrected chi connectivity index (χ0v) is 18.8. The van der Waals surface area contributed by atoms with Crippen LogP contribution in [0, 0.1) is 11.8 Å². The number of carbonyl (C=O) groups excluding carboxylic acids is 3. The number of aliphatic hydroxyl groups excluding tert-OH is 1. The van der Waals surface area contributed by atoms with E-state index < -0.39 is 45.6 Å². The first-order chi connectivity index (χ1) is 15.6. The minimum absolute atomic E-state index is 0.00529. The van der Waals surface area contributed by atoms with E-state index >= 15 is 0 Å². The molecule has 0 radical (unpaired) electrons. The van der Waals surface area contributed by atoms with E-state index in [1.807, 2.05) is 6.07 Å². The van der Waals surface area contributed by atoms with Crippen molar-refractivity contribution in [2.24, 2.45) is 11.8 Å². The Morgan fingerprint density at radius 2 is 1.82 bits per heavy atom. The first kappa shape index (κ1) is 24.9. The summed E-state index contributed by atoms with van der Waals surface area (Å²) in [6, 6.07) is 6.51. The number of hydrogen-bond acceptors (Lipinski definition) is 7. The van der Waals surface area contributed by atoms with Gasteiger partial charge in [-0.05, 0) is 30.7 Å². The van der Waals surface area contributed by atoms with Crippen LogP contribution in [0.25, 0.3) is 0 Å². The summed E-state index contributed by atoms with van der Waals surface area (Å²) in [6.45, 7) is 0.399. The van der Waals surface area contributed by atoms with Gasteiger partial charge in [-0.3, -0.25) is 14.1 Å². The third-order valence-corrected chi connectivity index (χ3v) is 6.70. The second kappa shape index (κ2) is 10.9. The van der Waals surface area contributed by atoms with E-state index in [0.717, 1.165) is 18.4 Å². The number of hydrogen-bond donors (Lipinski definition) is 5. The predicted octanol–water partition coefficient (Wildman–Crippen LogP) is 0.299. The quantitative estimate of drug-likeness (QED) is 0.280. The topological polar surface area (TPSA) is 171 Å². The molecule has 3 rings (SSSR count). The molecule has 1 aromatic carbocycles. The molecule has 5 N–H and O–H groups in total. The SMILES string of the molecule is O=C(N[C@@H](CC1CC1)C(=O)N[C@@H](C[C@@H]1CCNC1=O)C(O)S(=O)(=O)O)OCc1ccccc1. The van der Waals surface area contributed by atoms with Crippen LogP contribution in [0.5, 0.6) is 0 Å². The van der Waals surface area contributed by atoms with Gasteiger partial charge < -0.3 is 25.8 Å². The Labute approximate surface area is 192 Å². The number of nitrogens with one attached hydrogen (secondary N) is 3. The van der Waals surface area contributed by atoms with E-state index in [1.54, 1.807) is 24.3 Å². The molecular formula is C21H29N3O8S. The average Bonchev–Trinajstić information content (AvgIpc) is 3.50. The summed E-state index contributed by atoms with van der Waals surface area (Å²) in [7, 11) is -4.91. The Kier molecular flexibility index (Phi) is 8.27. The van der Waals surface area contributed by atoms with Gasteiger partial charge in [-0.1, -0.05) is 43.2 Å². The number of aliphatic hydroxyl groups is 1. The summed E-state index contributed by atoms with van der Waals surface area (Å²) < 4.78 is 37.5. The van der Waals surface area contributed by atoms with E-state index in [0.29, 0.717) is 19.4 Å². The lowest BCUT2D eigenvalue weighted by Gasteiger charge is -2.26. The molecule has 33 heavy (non-hydrogen) atoms. The Bertz CT molecular complexity index is 952. The highest BCUT2D eigenvalue weighted by atomic mass is 32.2. The van der Waals surface area contributed by atoms with Crippen LogP contribution in [0.1, 0.15) is 37.7 Å². The van der Waals surface area contributed by atoms with E-state index in [4.69, 9.17) is 4.74 Å². The maximum absolute atomic E-state index is 12.9. The number of carbonyl (C=O) groups is 3. The summed E-state index contributed by atoms with van der Waals surface area (Å²) in [6.07, 6.45) is 1.49. The molecule has 1 aromatic rings. The lowest BCUT2D eigenvalue weighted by Crippen LogP contribution is -2.54. The number of rotatable bonds is 11. The van der Waals surface area contributed by atoms with E-state index in [2.05, 4.69) is 16.0 Å². The third kappa shape index (κ3) is 7.69. The standard InChI is InChI=1S/C21H29N3O8S/c25-18-15(8-9-22-18)11-17(20(27)33(29,30)31)23-19(26)16(10-13-6-7-13)24-21(28)32-12-14-4-2-1-3-5-14/h1-5,13,15-17,20,27H,6-12H2,(H,22,25)(H,23,26)(H,24,28)(H,29,30,31)/t15-,16-,17-,20?/m0/s1. The smallest absolute Gasteiger partial charge is 0.408 e. The normalized spacial score (nSPS) is 20.9. The fraction of sp³-hybridized carbons (Fsp3) is 0.571. The summed E-state index contributed by atoms with van der Waals surface area (Å²) in [5.74, 6) is -1.46. The zero-order valence-electron chi connectivity index (χ0n) is 18.0. The monoisotopic (exact) mass is 483 g/mol. The van der Waals surface area contributed by atoms with Crippen molar-refractivity contribution in [1.82, 2.24) is 16.0 Å². The maximum Gasteiger partial charge on any atom is 0.408 e. The zero-order chi connectivity index (χ0) is 24.0. The molecule has 2 aliphatic rings. The summed E-state index contributed by atoms with van der Waals surface area (Å²) >= 11 is 0. The molecule has 182 valence electrons. The molecule has 1 saturated carbocycles. The van der Waals surface area contributed by atoms with Crippen LogP contribution in [0.3, 0.4) is 0 Å². The number of alkyl carbamates (subject to hydrolysis) is 1. The Hall–Kier alpha value is -2.70. The van der Waals surface area contributed by atoms with Crippen molar-refractivity contribution in [3.05, 3.63) is 35.9 Å². The van der Waals surface area contributed by atoms with Gasteiger partial charge in [0.1, 0.15) is 12.6 Å². The minimum atomic E-state index is -4.91. The molecule has 0 spiro atoms. The van der Waals surface area contributed by atoms with Gasteiger partial charge in [0.05, 0.1) is 6.04 Å². The molecule has 1 saturated heterocycles. The first-order valence-corrected chi connectivity index (χ1v) is 12.3. The molecular weight excluding hydrogens is 454 g/mol. The molecule has 0 bridgehead atoms. The van der Waals surface area contributed by atoms with E-state index in [9.17, 15) is 32.5 Å². The van der Waals surface area contributed by atoms with Gasteiger partial charge in [0.2, 0.25) is 17.3 Å². The van der Waals surface area contributed by atoms with Gasteiger partial charge in [-0.2, -0.15) is 8.42 Å². The van der Waals surface area contributed by atoms with Gasteiger partial charge in [-0.15, -0.1) is 0 Å². The van der Waals surface area contributed by atoms with Crippen LogP contribution in [-0.4, -0.2) is 60.0 Å². The van der Waals surface area contributed by atoms with Crippen LogP contribution >= 0.6 is 0 Å². The molecule has 12 heteroatoms. The average molecular weight is 484 g/mol. The fourth-order valence-electron chi connectivity index (χ4n) is 3.74. The molecule has 4 atom stereocenters. The molecule has 1 heterocycles. The molecule has 3 amide bonds. The van der Waals surface area contributed by atoms with Crippen molar-refractivity contribution in [2.45, 2.75) is 56.2 Å². The maximum atomic E-state index is 12.9. The number of benzene rings is 1. The van der Waals surface area contributed by atoms with Crippen molar-refractivity contribution >= 4 is 28.0 Å². The largest absolute Gasteiger partial charge is 0.445 e. The highest BCUT2D eigenvalue weighted by molar-refractivity contribution is 7.86. The Morgan fingerprint density at radius 3 is 2.39 bits per heavy atom. The first-order valence-electron chi connectivity index (χ1n) is 10.8. The molecule has 1 unspecified atom stereocenters. The van der Waals surface area contributed by atoms with Crippen LogP contribution in [-0.2, 0) is 31.1 Å². The highest BCUT2D eigenvalue weighted by Gasteiger charge is 2.38. The van der Waals surface area contributed by atoms with E-state index in [-0.39, 0.29) is 24.9 Å². The van der Waals surface area contributed by atoms with Crippen molar-refractivity contribution in [3.63, 3.8) is 0 Å². The third-order valence-electron chi connectivity index (χ3n) is 5.77. The second-order valence-corrected chi connectivity index (χ2v) is 9.98. The second-order valence-electron chi connectivity index (χ2n) is 8.47. The molecule has 0 aromatic heterocycles. The van der Waals surface area contributed by atoms with Crippen molar-refractivity contribution in [3.8, 4) is 0 Å². The van der Waals surface area contributed by atoms with Crippen molar-refractivity contribution in [1.29, 1.82) is 0 Å².